The molecular formula is C16H24N2O3. The first-order valence-corrected chi connectivity index (χ1v) is 8.04. The minimum atomic E-state index is -0.782. The molecule has 5 nitrogen and oxygen atoms in total. The molecule has 0 bridgehead atoms. The van der Waals surface area contributed by atoms with Crippen molar-refractivity contribution in [1.29, 1.82) is 0 Å². The Morgan fingerprint density at radius 2 is 2.33 bits per heavy atom. The van der Waals surface area contributed by atoms with Crippen molar-refractivity contribution >= 4 is 11.8 Å². The van der Waals surface area contributed by atoms with Crippen LogP contribution in [0.2, 0.25) is 0 Å². The van der Waals surface area contributed by atoms with Crippen molar-refractivity contribution in [3.63, 3.8) is 0 Å². The van der Waals surface area contributed by atoms with Crippen LogP contribution in [0.15, 0.2) is 11.6 Å². The normalized spacial score (nSPS) is 33.0. The van der Waals surface area contributed by atoms with Crippen LogP contribution in [0, 0.1) is 5.41 Å². The van der Waals surface area contributed by atoms with Gasteiger partial charge >= 0.3 is 0 Å². The van der Waals surface area contributed by atoms with Crippen LogP contribution >= 0.6 is 0 Å². The number of nitrogens with zero attached hydrogens (tertiary/aromatic N) is 1. The fourth-order valence-corrected chi connectivity index (χ4v) is 3.86. The third-order valence-corrected chi connectivity index (χ3v) is 5.19. The largest absolute Gasteiger partial charge is 0.392 e. The number of nitrogens with one attached hydrogen (secondary N) is 1. The number of hydrogen-bond acceptors (Lipinski definition) is 3. The van der Waals surface area contributed by atoms with E-state index >= 15 is 0 Å². The minimum Gasteiger partial charge on any atom is -0.392 e. The van der Waals surface area contributed by atoms with Crippen molar-refractivity contribution in [3.8, 4) is 0 Å². The van der Waals surface area contributed by atoms with E-state index in [4.69, 9.17) is 0 Å². The number of carbonyl (C=O) groups excluding carboxylic acids is 2. The maximum atomic E-state index is 12.5. The number of likely N-dealkylation sites (tertiary alicyclic amines) is 1. The van der Waals surface area contributed by atoms with Gasteiger partial charge in [0, 0.05) is 26.1 Å². The van der Waals surface area contributed by atoms with E-state index in [1.54, 1.807) is 4.90 Å². The summed E-state index contributed by atoms with van der Waals surface area (Å²) < 4.78 is 0. The van der Waals surface area contributed by atoms with Gasteiger partial charge in [0.1, 0.15) is 0 Å². The number of aliphatic hydroxyl groups excluding tert-OH is 1. The van der Waals surface area contributed by atoms with Crippen molar-refractivity contribution in [2.75, 3.05) is 19.6 Å². The zero-order valence-corrected chi connectivity index (χ0v) is 12.4. The second-order valence-electron chi connectivity index (χ2n) is 6.57. The maximum Gasteiger partial charge on any atom is 0.230 e. The number of hydrogen-bond donors (Lipinski definition) is 2. The molecule has 2 fully saturated rings. The first-order valence-electron chi connectivity index (χ1n) is 8.04. The van der Waals surface area contributed by atoms with Crippen molar-refractivity contribution in [1.82, 2.24) is 10.2 Å². The highest BCUT2D eigenvalue weighted by atomic mass is 16.3. The zero-order chi connectivity index (χ0) is 14.9. The van der Waals surface area contributed by atoms with Crippen LogP contribution in [0.5, 0.6) is 0 Å². The SMILES string of the molecule is O=C(CC1=CCCC1)N1CC[C@H](O)[C@@]2(CCCNC2=O)C1. The molecule has 21 heavy (non-hydrogen) atoms. The molecule has 0 aromatic heterocycles. The molecule has 0 saturated carbocycles. The monoisotopic (exact) mass is 292 g/mol. The molecule has 2 saturated heterocycles. The van der Waals surface area contributed by atoms with Gasteiger partial charge in [-0.25, -0.2) is 0 Å². The van der Waals surface area contributed by atoms with E-state index in [-0.39, 0.29) is 11.8 Å². The topological polar surface area (TPSA) is 69.6 Å². The van der Waals surface area contributed by atoms with Gasteiger partial charge in [0.05, 0.1) is 11.5 Å². The van der Waals surface area contributed by atoms with Crippen molar-refractivity contribution in [2.24, 2.45) is 5.41 Å². The van der Waals surface area contributed by atoms with E-state index in [1.807, 2.05) is 0 Å². The Morgan fingerprint density at radius 3 is 3.05 bits per heavy atom. The number of carbonyl (C=O) groups is 2. The van der Waals surface area contributed by atoms with E-state index in [0.717, 1.165) is 25.7 Å². The highest BCUT2D eigenvalue weighted by Gasteiger charge is 2.50. The Balaban J connectivity index is 1.70. The van der Waals surface area contributed by atoms with Crippen molar-refractivity contribution in [2.45, 2.75) is 51.0 Å². The molecule has 1 spiro atoms. The predicted octanol–water partition coefficient (Wildman–Crippen LogP) is 0.976. The quantitative estimate of drug-likeness (QED) is 0.745. The molecule has 2 N–H and O–H groups in total. The number of amides is 2. The van der Waals surface area contributed by atoms with Gasteiger partial charge in [-0.05, 0) is 38.5 Å². The van der Waals surface area contributed by atoms with Crippen LogP contribution in [-0.2, 0) is 9.59 Å². The Hall–Kier alpha value is -1.36. The number of aliphatic hydroxyl groups is 1. The first kappa shape index (κ1) is 14.6. The molecule has 2 amide bonds. The summed E-state index contributed by atoms with van der Waals surface area (Å²) in [6, 6.07) is 0. The molecule has 5 heteroatoms. The number of piperidine rings is 2. The second-order valence-corrected chi connectivity index (χ2v) is 6.57. The fourth-order valence-electron chi connectivity index (χ4n) is 3.86. The van der Waals surface area contributed by atoms with Gasteiger partial charge in [0.15, 0.2) is 0 Å². The summed E-state index contributed by atoms with van der Waals surface area (Å²) in [6.07, 6.45) is 7.30. The van der Waals surface area contributed by atoms with Crippen LogP contribution in [0.4, 0.5) is 0 Å². The second kappa shape index (κ2) is 5.79. The van der Waals surface area contributed by atoms with Gasteiger partial charge in [-0.3, -0.25) is 9.59 Å². The molecule has 0 unspecified atom stereocenters. The van der Waals surface area contributed by atoms with E-state index in [9.17, 15) is 14.7 Å². The van der Waals surface area contributed by atoms with Crippen molar-refractivity contribution < 1.29 is 14.7 Å². The summed E-state index contributed by atoms with van der Waals surface area (Å²) in [7, 11) is 0. The third-order valence-electron chi connectivity index (χ3n) is 5.19. The Kier molecular flexibility index (Phi) is 4.02. The van der Waals surface area contributed by atoms with Gasteiger partial charge in [-0.2, -0.15) is 0 Å². The molecule has 3 aliphatic rings. The van der Waals surface area contributed by atoms with Gasteiger partial charge in [-0.15, -0.1) is 0 Å². The Bertz CT molecular complexity index is 474. The molecule has 0 aromatic rings. The van der Waals surface area contributed by atoms with Crippen LogP contribution < -0.4 is 5.32 Å². The van der Waals surface area contributed by atoms with E-state index < -0.39 is 11.5 Å². The summed E-state index contributed by atoms with van der Waals surface area (Å²) >= 11 is 0. The Morgan fingerprint density at radius 1 is 1.48 bits per heavy atom. The molecule has 3 rings (SSSR count). The molecule has 2 aliphatic heterocycles. The average molecular weight is 292 g/mol. The lowest BCUT2D eigenvalue weighted by Gasteiger charge is -2.46. The summed E-state index contributed by atoms with van der Waals surface area (Å²) in [5, 5.41) is 13.2. The van der Waals surface area contributed by atoms with E-state index in [1.165, 1.54) is 5.57 Å². The van der Waals surface area contributed by atoms with E-state index in [2.05, 4.69) is 11.4 Å². The standard InChI is InChI=1S/C16H24N2O3/c19-13-6-9-18(14(20)10-12-4-1-2-5-12)11-16(13)7-3-8-17-15(16)21/h4,13,19H,1-3,5-11H2,(H,17,21)/t13-,16+/m0/s1. The molecule has 0 radical (unpaired) electrons. The smallest absolute Gasteiger partial charge is 0.230 e. The highest BCUT2D eigenvalue weighted by Crippen LogP contribution is 2.37. The van der Waals surface area contributed by atoms with E-state index in [0.29, 0.717) is 38.9 Å². The van der Waals surface area contributed by atoms with Crippen LogP contribution in [0.25, 0.3) is 0 Å². The van der Waals surface area contributed by atoms with Crippen LogP contribution in [0.1, 0.15) is 44.9 Å². The molecule has 0 aromatic carbocycles. The lowest BCUT2D eigenvalue weighted by Crippen LogP contribution is -2.62. The lowest BCUT2D eigenvalue weighted by atomic mass is 9.71. The Labute approximate surface area is 125 Å². The number of rotatable bonds is 2. The van der Waals surface area contributed by atoms with Gasteiger partial charge in [0.2, 0.25) is 11.8 Å². The fraction of sp³-hybridized carbons (Fsp3) is 0.750. The maximum absolute atomic E-state index is 12.5. The highest BCUT2D eigenvalue weighted by molar-refractivity contribution is 5.86. The number of allylic oxidation sites excluding steroid dienone is 1. The summed E-state index contributed by atoms with van der Waals surface area (Å²) in [4.78, 5) is 26.5. The predicted molar refractivity (Wildman–Crippen MR) is 78.4 cm³/mol. The lowest BCUT2D eigenvalue weighted by molar-refractivity contribution is -0.154. The van der Waals surface area contributed by atoms with Crippen LogP contribution in [0.3, 0.4) is 0 Å². The summed E-state index contributed by atoms with van der Waals surface area (Å²) in [5.41, 5.74) is 0.448. The first-order chi connectivity index (χ1) is 10.1. The van der Waals surface area contributed by atoms with Gasteiger partial charge in [0.25, 0.3) is 0 Å². The van der Waals surface area contributed by atoms with Gasteiger partial charge in [-0.1, -0.05) is 11.6 Å². The molecular weight excluding hydrogens is 268 g/mol. The summed E-state index contributed by atoms with van der Waals surface area (Å²) in [6.45, 7) is 1.60. The molecule has 116 valence electrons. The van der Waals surface area contributed by atoms with Crippen molar-refractivity contribution in [3.05, 3.63) is 11.6 Å². The summed E-state index contributed by atoms with van der Waals surface area (Å²) in [5.74, 6) is 0.0200. The van der Waals surface area contributed by atoms with Gasteiger partial charge < -0.3 is 15.3 Å². The zero-order valence-electron chi connectivity index (χ0n) is 12.4. The molecule has 2 atom stereocenters. The molecule has 1 aliphatic carbocycles. The molecule has 2 heterocycles. The average Bonchev–Trinajstić information content (AvgIpc) is 2.97. The minimum absolute atomic E-state index is 0.0844. The third kappa shape index (κ3) is 2.71. The van der Waals surface area contributed by atoms with Crippen LogP contribution in [-0.4, -0.2) is 47.6 Å².